The molecule has 0 amide bonds. The Hall–Kier alpha value is -0.400. The summed E-state index contributed by atoms with van der Waals surface area (Å²) in [5.74, 6) is -0.321. The molecule has 1 N–H and O–H groups in total. The molecular weight excluding hydrogens is 460 g/mol. The summed E-state index contributed by atoms with van der Waals surface area (Å²) in [6, 6.07) is 0. The molecular formula is C29H56O5S. The second-order valence-electron chi connectivity index (χ2n) is 11.5. The van der Waals surface area contributed by atoms with Crippen molar-refractivity contribution in [3.63, 3.8) is 0 Å². The third-order valence-electron chi connectivity index (χ3n) is 7.40. The molecule has 1 aliphatic heterocycles. The highest BCUT2D eigenvalue weighted by Gasteiger charge is 2.35. The zero-order chi connectivity index (χ0) is 26.3. The number of allylic oxidation sites excluding steroid dienone is 1. The predicted molar refractivity (Wildman–Crippen MR) is 150 cm³/mol. The number of aldehydes is 1. The minimum absolute atomic E-state index is 0.0676. The first-order valence-electron chi connectivity index (χ1n) is 14.0. The second-order valence-corrected chi connectivity index (χ2v) is 15.5. The molecule has 0 radical (unpaired) electrons. The minimum atomic E-state index is -1.34. The van der Waals surface area contributed by atoms with Gasteiger partial charge in [-0.2, -0.15) is 0 Å². The molecule has 0 unspecified atom stereocenters. The van der Waals surface area contributed by atoms with Crippen LogP contribution in [-0.2, 0) is 18.5 Å². The molecule has 5 nitrogen and oxygen atoms in total. The Morgan fingerprint density at radius 2 is 1.49 bits per heavy atom. The average molecular weight is 517 g/mol. The van der Waals surface area contributed by atoms with Gasteiger partial charge in [-0.1, -0.05) is 78.4 Å². The highest BCUT2D eigenvalue weighted by molar-refractivity contribution is 8.29. The van der Waals surface area contributed by atoms with Gasteiger partial charge in [0, 0.05) is 30.4 Å². The molecule has 1 fully saturated rings. The molecule has 6 heteroatoms. The molecule has 0 aliphatic carbocycles. The Labute approximate surface area is 218 Å². The fourth-order valence-corrected chi connectivity index (χ4v) is 4.99. The monoisotopic (exact) mass is 516 g/mol. The number of unbranched alkanes of at least 4 members (excludes halogenated alkanes) is 8. The Morgan fingerprint density at radius 3 is 2.03 bits per heavy atom. The third kappa shape index (κ3) is 13.1. The average Bonchev–Trinajstić information content (AvgIpc) is 3.26. The first-order chi connectivity index (χ1) is 16.5. The summed E-state index contributed by atoms with van der Waals surface area (Å²) in [5, 5.41) is 10.6. The van der Waals surface area contributed by atoms with E-state index in [9.17, 15) is 9.90 Å². The van der Waals surface area contributed by atoms with Gasteiger partial charge in [0.05, 0.1) is 19.8 Å². The van der Waals surface area contributed by atoms with E-state index >= 15 is 0 Å². The first kappa shape index (κ1) is 32.6. The molecule has 0 aromatic rings. The zero-order valence-electron chi connectivity index (χ0n) is 23.7. The van der Waals surface area contributed by atoms with Crippen LogP contribution in [0.3, 0.4) is 0 Å². The summed E-state index contributed by atoms with van der Waals surface area (Å²) >= 11 is 0. The summed E-state index contributed by atoms with van der Waals surface area (Å²) in [4.78, 5) is 11.5. The minimum Gasteiger partial charge on any atom is -0.382 e. The van der Waals surface area contributed by atoms with Crippen LogP contribution in [0.15, 0.2) is 12.2 Å². The van der Waals surface area contributed by atoms with Crippen molar-refractivity contribution in [2.24, 2.45) is 0 Å². The van der Waals surface area contributed by atoms with Gasteiger partial charge in [-0.25, -0.2) is 0 Å². The van der Waals surface area contributed by atoms with Crippen LogP contribution in [0.4, 0.5) is 0 Å². The highest BCUT2D eigenvalue weighted by atomic mass is 32.3. The molecule has 1 atom stereocenters. The van der Waals surface area contributed by atoms with E-state index in [1.54, 1.807) is 0 Å². The fourth-order valence-electron chi connectivity index (χ4n) is 4.14. The van der Waals surface area contributed by atoms with Gasteiger partial charge in [0.1, 0.15) is 5.60 Å². The summed E-state index contributed by atoms with van der Waals surface area (Å²) in [5.41, 5.74) is -1.34. The van der Waals surface area contributed by atoms with Crippen molar-refractivity contribution in [1.29, 1.82) is 0 Å². The molecule has 1 saturated heterocycles. The normalized spacial score (nSPS) is 18.7. The molecule has 0 aromatic carbocycles. The number of carbonyl (C=O) groups is 1. The van der Waals surface area contributed by atoms with E-state index in [0.717, 1.165) is 45.3 Å². The summed E-state index contributed by atoms with van der Waals surface area (Å²) in [7, 11) is -1.25. The standard InChI is InChI=1S/C29H56O5S/c1-7-8-9-13-17-20-29(32-24-25-33-29)21-18-15-12-10-11-14-16-19-28(31,26-30)22-23-34-35(5,6)27(2,3)4/h14,16,26,31H,7-13,15,17-25H2,1-6H3/b16-14+/t28-/m1/s1. The van der Waals surface area contributed by atoms with Crippen LogP contribution in [0.5, 0.6) is 0 Å². The van der Waals surface area contributed by atoms with E-state index in [2.05, 4.69) is 46.3 Å². The number of hydrogen-bond donors (Lipinski definition) is 1. The molecule has 0 saturated carbocycles. The van der Waals surface area contributed by atoms with Crippen molar-refractivity contribution in [3.05, 3.63) is 12.2 Å². The van der Waals surface area contributed by atoms with Gasteiger partial charge in [0.25, 0.3) is 0 Å². The SMILES string of the molecule is CCCCCCCC1(CCCCCC/C=C/C[C@](O)(C=O)CCOS(C)(C)C(C)(C)C)OCCO1. The van der Waals surface area contributed by atoms with Crippen molar-refractivity contribution in [3.8, 4) is 0 Å². The zero-order valence-corrected chi connectivity index (χ0v) is 24.6. The lowest BCUT2D eigenvalue weighted by Gasteiger charge is -2.44. The maximum absolute atomic E-state index is 11.5. The highest BCUT2D eigenvalue weighted by Crippen LogP contribution is 2.53. The fraction of sp³-hybridized carbons (Fsp3) is 0.897. The van der Waals surface area contributed by atoms with Crippen molar-refractivity contribution in [2.75, 3.05) is 32.3 Å². The molecule has 1 aliphatic rings. The van der Waals surface area contributed by atoms with Crippen LogP contribution in [0, 0.1) is 0 Å². The summed E-state index contributed by atoms with van der Waals surface area (Å²) in [6.07, 6.45) is 23.7. The molecule has 1 heterocycles. The van der Waals surface area contributed by atoms with Gasteiger partial charge < -0.3 is 23.6 Å². The van der Waals surface area contributed by atoms with E-state index in [1.165, 1.54) is 44.9 Å². The largest absolute Gasteiger partial charge is 0.382 e. The molecule has 0 spiro atoms. The number of rotatable bonds is 20. The van der Waals surface area contributed by atoms with E-state index in [1.807, 2.05) is 6.08 Å². The van der Waals surface area contributed by atoms with E-state index < -0.39 is 15.9 Å². The van der Waals surface area contributed by atoms with Crippen LogP contribution in [0.25, 0.3) is 0 Å². The van der Waals surface area contributed by atoms with E-state index in [0.29, 0.717) is 25.7 Å². The third-order valence-corrected chi connectivity index (χ3v) is 11.1. The lowest BCUT2D eigenvalue weighted by atomic mass is 9.97. The number of ether oxygens (including phenoxy) is 2. The lowest BCUT2D eigenvalue weighted by molar-refractivity contribution is -0.168. The van der Waals surface area contributed by atoms with Crippen molar-refractivity contribution in [2.45, 2.75) is 134 Å². The molecule has 1 rings (SSSR count). The molecule has 0 aromatic heterocycles. The van der Waals surface area contributed by atoms with Gasteiger partial charge >= 0.3 is 0 Å². The van der Waals surface area contributed by atoms with E-state index in [4.69, 9.17) is 13.7 Å². The van der Waals surface area contributed by atoms with Crippen LogP contribution in [0.2, 0.25) is 0 Å². The summed E-state index contributed by atoms with van der Waals surface area (Å²) < 4.78 is 18.2. The number of carbonyl (C=O) groups excluding carboxylic acids is 1. The van der Waals surface area contributed by atoms with E-state index in [-0.39, 0.29) is 10.5 Å². The quantitative estimate of drug-likeness (QED) is 0.103. The Morgan fingerprint density at radius 1 is 0.914 bits per heavy atom. The predicted octanol–water partition coefficient (Wildman–Crippen LogP) is 7.49. The van der Waals surface area contributed by atoms with Crippen molar-refractivity contribution < 1.29 is 23.6 Å². The smallest absolute Gasteiger partial charge is 0.168 e. The first-order valence-corrected chi connectivity index (χ1v) is 16.4. The van der Waals surface area contributed by atoms with Gasteiger partial charge in [0.2, 0.25) is 0 Å². The Bertz CT molecular complexity index is 592. The topological polar surface area (TPSA) is 65.0 Å². The summed E-state index contributed by atoms with van der Waals surface area (Å²) in [6.45, 7) is 10.6. The van der Waals surface area contributed by atoms with Crippen LogP contribution in [-0.4, -0.2) is 59.9 Å². The Balaban J connectivity index is 2.20. The van der Waals surface area contributed by atoms with Crippen LogP contribution in [0.1, 0.15) is 118 Å². The second kappa shape index (κ2) is 16.4. The van der Waals surface area contributed by atoms with Gasteiger partial charge in [0.15, 0.2) is 12.1 Å². The van der Waals surface area contributed by atoms with Gasteiger partial charge in [-0.05, 0) is 38.2 Å². The van der Waals surface area contributed by atoms with Crippen LogP contribution < -0.4 is 0 Å². The molecule has 208 valence electrons. The van der Waals surface area contributed by atoms with Crippen molar-refractivity contribution >= 4 is 16.6 Å². The van der Waals surface area contributed by atoms with Gasteiger partial charge in [-0.15, -0.1) is 10.3 Å². The van der Waals surface area contributed by atoms with Crippen molar-refractivity contribution in [1.82, 2.24) is 0 Å². The molecule has 35 heavy (non-hydrogen) atoms. The molecule has 0 bridgehead atoms. The number of hydrogen-bond acceptors (Lipinski definition) is 5. The number of aliphatic hydroxyl groups is 1. The lowest BCUT2D eigenvalue weighted by Crippen LogP contribution is -2.33. The van der Waals surface area contributed by atoms with Gasteiger partial charge in [-0.3, -0.25) is 0 Å². The van der Waals surface area contributed by atoms with Crippen LogP contribution >= 0.6 is 10.3 Å². The Kier molecular flexibility index (Phi) is 15.3. The maximum Gasteiger partial charge on any atom is 0.168 e. The maximum atomic E-state index is 11.5.